The molecular weight excluding hydrogens is 416 g/mol. The maximum absolute atomic E-state index is 12.8. The van der Waals surface area contributed by atoms with Crippen molar-refractivity contribution in [3.05, 3.63) is 74.7 Å². The van der Waals surface area contributed by atoms with Crippen LogP contribution >= 0.6 is 24.0 Å². The number of phenols is 1. The van der Waals surface area contributed by atoms with Gasteiger partial charge in [0.1, 0.15) is 16.1 Å². The Morgan fingerprint density at radius 3 is 2.59 bits per heavy atom. The average Bonchev–Trinajstić information content (AvgIpc) is 2.94. The number of carboxylic acid groups (broad SMARTS) is 1. The van der Waals surface area contributed by atoms with E-state index in [1.54, 1.807) is 18.2 Å². The molecule has 29 heavy (non-hydrogen) atoms. The minimum Gasteiger partial charge on any atom is -0.508 e. The maximum atomic E-state index is 12.8. The van der Waals surface area contributed by atoms with Crippen molar-refractivity contribution in [2.75, 3.05) is 0 Å². The van der Waals surface area contributed by atoms with Crippen molar-refractivity contribution in [1.29, 1.82) is 0 Å². The van der Waals surface area contributed by atoms with Crippen LogP contribution in [0.3, 0.4) is 0 Å². The fraction of sp³-hybridized carbons (Fsp3) is 0.105. The van der Waals surface area contributed by atoms with Crippen LogP contribution in [-0.4, -0.2) is 42.3 Å². The molecule has 0 bridgehead atoms. The highest BCUT2D eigenvalue weighted by Gasteiger charge is 2.40. The summed E-state index contributed by atoms with van der Waals surface area (Å²) >= 11 is 6.17. The van der Waals surface area contributed by atoms with Crippen molar-refractivity contribution in [2.45, 2.75) is 12.5 Å². The lowest BCUT2D eigenvalue weighted by Crippen LogP contribution is -2.45. The van der Waals surface area contributed by atoms with Crippen LogP contribution in [0, 0.1) is 10.1 Å². The average molecular weight is 430 g/mol. The molecule has 1 fully saturated rings. The lowest BCUT2D eigenvalue weighted by molar-refractivity contribution is -0.384. The van der Waals surface area contributed by atoms with Gasteiger partial charge in [0.2, 0.25) is 0 Å². The van der Waals surface area contributed by atoms with Gasteiger partial charge in [-0.05, 0) is 29.3 Å². The van der Waals surface area contributed by atoms with Gasteiger partial charge in [-0.3, -0.25) is 19.8 Å². The third-order valence-corrected chi connectivity index (χ3v) is 5.49. The van der Waals surface area contributed by atoms with Gasteiger partial charge in [-0.25, -0.2) is 4.79 Å². The van der Waals surface area contributed by atoms with Crippen LogP contribution in [0.2, 0.25) is 0 Å². The molecule has 1 amide bonds. The third-order valence-electron chi connectivity index (χ3n) is 4.16. The number of nitro benzene ring substituents is 1. The number of nitro groups is 1. The number of benzene rings is 2. The van der Waals surface area contributed by atoms with E-state index in [2.05, 4.69) is 0 Å². The topological polar surface area (TPSA) is 121 Å². The van der Waals surface area contributed by atoms with Gasteiger partial charge < -0.3 is 10.2 Å². The van der Waals surface area contributed by atoms with Crippen molar-refractivity contribution in [3.8, 4) is 5.75 Å². The number of carboxylic acids is 1. The maximum Gasteiger partial charge on any atom is 0.327 e. The number of carbonyl (C=O) groups excluding carboxylic acids is 1. The number of thiocarbonyl (C=S) groups is 1. The summed E-state index contributed by atoms with van der Waals surface area (Å²) in [4.78, 5) is 36.3. The van der Waals surface area contributed by atoms with Gasteiger partial charge in [0, 0.05) is 18.6 Å². The van der Waals surface area contributed by atoms with Crippen LogP contribution in [-0.2, 0) is 16.0 Å². The Hall–Kier alpha value is -3.24. The molecule has 148 valence electrons. The second kappa shape index (κ2) is 8.41. The van der Waals surface area contributed by atoms with E-state index < -0.39 is 22.8 Å². The molecule has 1 saturated heterocycles. The minimum atomic E-state index is -1.22. The molecule has 1 atom stereocenters. The van der Waals surface area contributed by atoms with E-state index in [1.165, 1.54) is 36.4 Å². The summed E-state index contributed by atoms with van der Waals surface area (Å²) in [6.07, 6.45) is 1.46. The zero-order valence-corrected chi connectivity index (χ0v) is 16.4. The number of thioether (sulfide) groups is 1. The van der Waals surface area contributed by atoms with Crippen LogP contribution in [0.4, 0.5) is 5.69 Å². The summed E-state index contributed by atoms with van der Waals surface area (Å²) in [7, 11) is 0. The Balaban J connectivity index is 1.88. The van der Waals surface area contributed by atoms with E-state index in [1.807, 2.05) is 0 Å². The summed E-state index contributed by atoms with van der Waals surface area (Å²) < 4.78 is 0.0952. The van der Waals surface area contributed by atoms with Gasteiger partial charge in [0.25, 0.3) is 11.6 Å². The second-order valence-corrected chi connectivity index (χ2v) is 7.80. The molecule has 0 radical (unpaired) electrons. The molecule has 1 heterocycles. The Kier molecular flexibility index (Phi) is 5.95. The molecule has 8 nitrogen and oxygen atoms in total. The van der Waals surface area contributed by atoms with Gasteiger partial charge in [-0.2, -0.15) is 0 Å². The zero-order chi connectivity index (χ0) is 21.1. The molecule has 1 aliphatic heterocycles. The second-order valence-electron chi connectivity index (χ2n) is 6.13. The Labute approximate surface area is 174 Å². The van der Waals surface area contributed by atoms with Crippen LogP contribution < -0.4 is 0 Å². The Morgan fingerprint density at radius 2 is 1.97 bits per heavy atom. The Morgan fingerprint density at radius 1 is 1.28 bits per heavy atom. The number of non-ortho nitro benzene ring substituents is 1. The minimum absolute atomic E-state index is 0.00609. The van der Waals surface area contributed by atoms with E-state index in [0.717, 1.165) is 16.7 Å². The first-order valence-electron chi connectivity index (χ1n) is 8.28. The molecule has 1 aliphatic rings. The normalized spacial score (nSPS) is 16.3. The highest BCUT2D eigenvalue weighted by atomic mass is 32.2. The molecule has 1 unspecified atom stereocenters. The molecule has 2 aromatic carbocycles. The van der Waals surface area contributed by atoms with Gasteiger partial charge in [-0.15, -0.1) is 0 Å². The summed E-state index contributed by atoms with van der Waals surface area (Å²) in [5, 5.41) is 29.9. The lowest BCUT2D eigenvalue weighted by Gasteiger charge is -2.23. The summed E-state index contributed by atoms with van der Waals surface area (Å²) in [6.45, 7) is 0. The molecule has 2 aromatic rings. The molecule has 3 rings (SSSR count). The van der Waals surface area contributed by atoms with Crippen molar-refractivity contribution >= 4 is 51.9 Å². The number of carbonyl (C=O) groups is 2. The zero-order valence-electron chi connectivity index (χ0n) is 14.7. The molecule has 0 aromatic heterocycles. The SMILES string of the molecule is O=C(O)C(Cc1ccc(O)cc1)N1C(=O)/C(=C/c2cccc([N+](=O)[O-])c2)SC1=S. The van der Waals surface area contributed by atoms with Crippen molar-refractivity contribution < 1.29 is 24.7 Å². The summed E-state index contributed by atoms with van der Waals surface area (Å²) in [5.74, 6) is -1.74. The van der Waals surface area contributed by atoms with Gasteiger partial charge >= 0.3 is 5.97 Å². The van der Waals surface area contributed by atoms with Crippen LogP contribution in [0.25, 0.3) is 6.08 Å². The van der Waals surface area contributed by atoms with E-state index in [0.29, 0.717) is 11.1 Å². The number of amides is 1. The van der Waals surface area contributed by atoms with Crippen LogP contribution in [0.5, 0.6) is 5.75 Å². The quantitative estimate of drug-likeness (QED) is 0.310. The fourth-order valence-electron chi connectivity index (χ4n) is 2.77. The number of aromatic hydroxyl groups is 1. The van der Waals surface area contributed by atoms with E-state index >= 15 is 0 Å². The largest absolute Gasteiger partial charge is 0.508 e. The van der Waals surface area contributed by atoms with Crippen molar-refractivity contribution in [3.63, 3.8) is 0 Å². The van der Waals surface area contributed by atoms with E-state index in [4.69, 9.17) is 12.2 Å². The van der Waals surface area contributed by atoms with Gasteiger partial charge in [0.15, 0.2) is 0 Å². The molecule has 0 spiro atoms. The number of phenolic OH excluding ortho intramolecular Hbond substituents is 1. The first-order chi connectivity index (χ1) is 13.8. The number of nitrogens with zero attached hydrogens (tertiary/aromatic N) is 2. The predicted molar refractivity (Wildman–Crippen MR) is 111 cm³/mol. The molecule has 0 aliphatic carbocycles. The molecule has 0 saturated carbocycles. The summed E-state index contributed by atoms with van der Waals surface area (Å²) in [5.41, 5.74) is 0.932. The number of hydrogen-bond acceptors (Lipinski definition) is 7. The van der Waals surface area contributed by atoms with Crippen LogP contribution in [0.1, 0.15) is 11.1 Å². The smallest absolute Gasteiger partial charge is 0.327 e. The predicted octanol–water partition coefficient (Wildman–Crippen LogP) is 3.20. The number of aliphatic carboxylic acids is 1. The molecule has 10 heteroatoms. The van der Waals surface area contributed by atoms with Crippen molar-refractivity contribution in [1.82, 2.24) is 4.90 Å². The fourth-order valence-corrected chi connectivity index (χ4v) is 4.13. The molecule has 2 N–H and O–H groups in total. The standard InChI is InChI=1S/C19H14N2O6S2/c22-14-6-4-11(5-7-14)9-15(18(24)25)20-17(23)16(29-19(20)28)10-12-2-1-3-13(8-12)21(26)27/h1-8,10,15,22H,9H2,(H,24,25)/b16-10-. The van der Waals surface area contributed by atoms with Crippen LogP contribution in [0.15, 0.2) is 53.4 Å². The van der Waals surface area contributed by atoms with Gasteiger partial charge in [0.05, 0.1) is 9.83 Å². The highest BCUT2D eigenvalue weighted by molar-refractivity contribution is 8.26. The van der Waals surface area contributed by atoms with Gasteiger partial charge in [-0.1, -0.05) is 48.2 Å². The highest BCUT2D eigenvalue weighted by Crippen LogP contribution is 2.35. The number of hydrogen-bond donors (Lipinski definition) is 2. The molecular formula is C19H14N2O6S2. The lowest BCUT2D eigenvalue weighted by atomic mass is 10.0. The van der Waals surface area contributed by atoms with Crippen molar-refractivity contribution in [2.24, 2.45) is 0 Å². The monoisotopic (exact) mass is 430 g/mol. The first-order valence-corrected chi connectivity index (χ1v) is 9.51. The number of rotatable bonds is 6. The Bertz CT molecular complexity index is 1040. The summed E-state index contributed by atoms with van der Waals surface area (Å²) in [6, 6.07) is 10.5. The first kappa shape index (κ1) is 20.5. The van der Waals surface area contributed by atoms with E-state index in [-0.39, 0.29) is 27.1 Å². The third kappa shape index (κ3) is 4.61. The van der Waals surface area contributed by atoms with E-state index in [9.17, 15) is 29.9 Å².